The standard InChI is InChI=1S/C22H16ClN3O7/c1-11-8-17(24-33-11)25-19(12-4-3-5-14(9-12)26(30)31)18(21(28)22(25)29)20(27)13-6-7-16(32-2)15(23)10-13/h3-10,19,27H,1-2H3/b20-18+/t19-/m1/s1. The first-order chi connectivity index (χ1) is 15.7. The largest absolute Gasteiger partial charge is 0.507 e. The van der Waals surface area contributed by atoms with E-state index >= 15 is 0 Å². The van der Waals surface area contributed by atoms with Crippen LogP contribution in [0.4, 0.5) is 11.5 Å². The Kier molecular flexibility index (Phi) is 5.60. The SMILES string of the molecule is COc1ccc(/C(O)=C2\C(=O)C(=O)N(c3cc(C)on3)[C@@H]2c2cccc([N+](=O)[O-])c2)cc1Cl. The summed E-state index contributed by atoms with van der Waals surface area (Å²) in [4.78, 5) is 37.8. The van der Waals surface area contributed by atoms with Crippen LogP contribution < -0.4 is 9.64 Å². The Morgan fingerprint density at radius 3 is 2.61 bits per heavy atom. The summed E-state index contributed by atoms with van der Waals surface area (Å²) in [5.41, 5.74) is -0.139. The number of carbonyl (C=O) groups excluding carboxylic acids is 2. The number of aromatic nitrogens is 1. The van der Waals surface area contributed by atoms with Gasteiger partial charge in [-0.15, -0.1) is 0 Å². The van der Waals surface area contributed by atoms with Gasteiger partial charge in [-0.05, 0) is 30.7 Å². The van der Waals surface area contributed by atoms with Crippen LogP contribution in [0.2, 0.25) is 5.02 Å². The number of anilines is 1. The highest BCUT2D eigenvalue weighted by atomic mass is 35.5. The van der Waals surface area contributed by atoms with Crippen molar-refractivity contribution in [2.75, 3.05) is 12.0 Å². The number of halogens is 1. The fourth-order valence-corrected chi connectivity index (χ4v) is 3.89. The Labute approximate surface area is 191 Å². The molecule has 33 heavy (non-hydrogen) atoms. The second kappa shape index (κ2) is 8.40. The number of ether oxygens (including phenoxy) is 1. The Bertz CT molecular complexity index is 1330. The van der Waals surface area contributed by atoms with Gasteiger partial charge >= 0.3 is 5.91 Å². The summed E-state index contributed by atoms with van der Waals surface area (Å²) in [6, 6.07) is 10.0. The van der Waals surface area contributed by atoms with Crippen LogP contribution in [0.5, 0.6) is 5.75 Å². The normalized spacial score (nSPS) is 17.4. The van der Waals surface area contributed by atoms with Crippen molar-refractivity contribution in [1.29, 1.82) is 0 Å². The van der Waals surface area contributed by atoms with E-state index in [1.807, 2.05) is 0 Å². The van der Waals surface area contributed by atoms with Crippen molar-refractivity contribution in [3.63, 3.8) is 0 Å². The van der Waals surface area contributed by atoms with Crippen LogP contribution in [0, 0.1) is 17.0 Å². The third-order valence-corrected chi connectivity index (χ3v) is 5.42. The zero-order valence-electron chi connectivity index (χ0n) is 17.3. The molecule has 10 nitrogen and oxygen atoms in total. The first-order valence-electron chi connectivity index (χ1n) is 9.55. The molecule has 0 saturated carbocycles. The van der Waals surface area contributed by atoms with Crippen molar-refractivity contribution in [2.45, 2.75) is 13.0 Å². The number of aliphatic hydroxyl groups is 1. The van der Waals surface area contributed by atoms with E-state index in [0.29, 0.717) is 11.5 Å². The number of ketones is 1. The van der Waals surface area contributed by atoms with Gasteiger partial charge in [0.15, 0.2) is 5.82 Å². The van der Waals surface area contributed by atoms with E-state index < -0.39 is 28.4 Å². The van der Waals surface area contributed by atoms with Crippen LogP contribution in [-0.4, -0.2) is 34.0 Å². The van der Waals surface area contributed by atoms with Crippen molar-refractivity contribution in [3.05, 3.63) is 86.1 Å². The molecule has 0 unspecified atom stereocenters. The number of aliphatic hydroxyl groups excluding tert-OH is 1. The van der Waals surface area contributed by atoms with Crippen LogP contribution in [0.3, 0.4) is 0 Å². The lowest BCUT2D eigenvalue weighted by Crippen LogP contribution is -2.29. The van der Waals surface area contributed by atoms with E-state index in [0.717, 1.165) is 4.90 Å². The average molecular weight is 470 g/mol. The van der Waals surface area contributed by atoms with Crippen LogP contribution in [0.1, 0.15) is 22.9 Å². The number of non-ortho nitro benzene ring substituents is 1. The molecule has 0 bridgehead atoms. The van der Waals surface area contributed by atoms with E-state index in [1.54, 1.807) is 6.92 Å². The highest BCUT2D eigenvalue weighted by molar-refractivity contribution is 6.51. The van der Waals surface area contributed by atoms with Gasteiger partial charge in [0, 0.05) is 23.8 Å². The Hall–Kier alpha value is -4.18. The molecule has 2 heterocycles. The minimum absolute atomic E-state index is 0.0259. The monoisotopic (exact) mass is 469 g/mol. The molecule has 1 saturated heterocycles. The molecule has 1 aliphatic heterocycles. The van der Waals surface area contributed by atoms with Gasteiger partial charge in [-0.1, -0.05) is 28.9 Å². The molecular weight excluding hydrogens is 454 g/mol. The number of hydrogen-bond acceptors (Lipinski definition) is 8. The lowest BCUT2D eigenvalue weighted by atomic mass is 9.95. The first-order valence-corrected chi connectivity index (χ1v) is 9.93. The van der Waals surface area contributed by atoms with Crippen LogP contribution in [0.25, 0.3) is 5.76 Å². The highest BCUT2D eigenvalue weighted by Gasteiger charge is 2.48. The van der Waals surface area contributed by atoms with Gasteiger partial charge in [0.25, 0.3) is 11.5 Å². The van der Waals surface area contributed by atoms with E-state index in [-0.39, 0.29) is 33.2 Å². The summed E-state index contributed by atoms with van der Waals surface area (Å²) in [5.74, 6) is -1.71. The van der Waals surface area contributed by atoms with Crippen LogP contribution in [-0.2, 0) is 9.59 Å². The van der Waals surface area contributed by atoms with E-state index in [2.05, 4.69) is 5.16 Å². The van der Waals surface area contributed by atoms with Crippen LogP contribution >= 0.6 is 11.6 Å². The van der Waals surface area contributed by atoms with Crippen molar-refractivity contribution >= 4 is 40.6 Å². The number of carbonyl (C=O) groups is 2. The molecule has 3 aromatic rings. The van der Waals surface area contributed by atoms with E-state index in [1.165, 1.54) is 55.6 Å². The predicted molar refractivity (Wildman–Crippen MR) is 117 cm³/mol. The second-order valence-electron chi connectivity index (χ2n) is 7.17. The molecule has 0 spiro atoms. The average Bonchev–Trinajstić information content (AvgIpc) is 3.34. The number of methoxy groups -OCH3 is 1. The smallest absolute Gasteiger partial charge is 0.301 e. The zero-order valence-corrected chi connectivity index (χ0v) is 18.1. The van der Waals surface area contributed by atoms with Crippen molar-refractivity contribution < 1.29 is 28.9 Å². The molecule has 1 N–H and O–H groups in total. The molecular formula is C22H16ClN3O7. The fraction of sp³-hybridized carbons (Fsp3) is 0.136. The number of benzene rings is 2. The minimum Gasteiger partial charge on any atom is -0.507 e. The number of nitrogens with zero attached hydrogens (tertiary/aromatic N) is 3. The fourth-order valence-electron chi connectivity index (χ4n) is 3.63. The predicted octanol–water partition coefficient (Wildman–Crippen LogP) is 4.18. The number of rotatable bonds is 5. The van der Waals surface area contributed by atoms with E-state index in [4.69, 9.17) is 20.9 Å². The van der Waals surface area contributed by atoms with Crippen molar-refractivity contribution in [2.24, 2.45) is 0 Å². The Morgan fingerprint density at radius 2 is 2.00 bits per heavy atom. The van der Waals surface area contributed by atoms with Crippen molar-refractivity contribution in [1.82, 2.24) is 5.16 Å². The molecule has 4 rings (SSSR count). The highest BCUT2D eigenvalue weighted by Crippen LogP contribution is 2.43. The molecule has 0 aliphatic carbocycles. The summed E-state index contributed by atoms with van der Waals surface area (Å²) in [6.45, 7) is 1.61. The van der Waals surface area contributed by atoms with E-state index in [9.17, 15) is 24.8 Å². The molecule has 1 aromatic heterocycles. The Morgan fingerprint density at radius 1 is 1.24 bits per heavy atom. The Balaban J connectivity index is 1.96. The summed E-state index contributed by atoms with van der Waals surface area (Å²) < 4.78 is 10.2. The molecule has 11 heteroatoms. The van der Waals surface area contributed by atoms with Gasteiger partial charge in [-0.2, -0.15) is 0 Å². The quantitative estimate of drug-likeness (QED) is 0.193. The van der Waals surface area contributed by atoms with Gasteiger partial charge in [0.05, 0.1) is 28.7 Å². The third-order valence-electron chi connectivity index (χ3n) is 5.13. The van der Waals surface area contributed by atoms with Gasteiger partial charge in [-0.3, -0.25) is 24.6 Å². The third kappa shape index (κ3) is 3.80. The summed E-state index contributed by atoms with van der Waals surface area (Å²) >= 11 is 6.16. The summed E-state index contributed by atoms with van der Waals surface area (Å²) in [7, 11) is 1.43. The maximum Gasteiger partial charge on any atom is 0.301 e. The molecule has 168 valence electrons. The number of Topliss-reactive ketones (excluding diaryl/α,β-unsaturated/α-hetero) is 1. The minimum atomic E-state index is -1.20. The molecule has 1 fully saturated rings. The molecule has 2 aromatic carbocycles. The zero-order chi connectivity index (χ0) is 23.9. The summed E-state index contributed by atoms with van der Waals surface area (Å²) in [5, 5.41) is 26.4. The van der Waals surface area contributed by atoms with Gasteiger partial charge in [0.1, 0.15) is 17.3 Å². The number of aryl methyl sites for hydroxylation is 1. The first kappa shape index (κ1) is 22.0. The number of hydrogen-bond donors (Lipinski definition) is 1. The molecule has 1 atom stereocenters. The summed E-state index contributed by atoms with van der Waals surface area (Å²) in [6.07, 6.45) is 0. The number of nitro benzene ring substituents is 1. The number of nitro groups is 1. The van der Waals surface area contributed by atoms with Gasteiger partial charge < -0.3 is 14.4 Å². The van der Waals surface area contributed by atoms with Crippen LogP contribution in [0.15, 0.2) is 58.6 Å². The topological polar surface area (TPSA) is 136 Å². The maximum absolute atomic E-state index is 13.1. The number of amides is 1. The molecule has 1 aliphatic rings. The van der Waals surface area contributed by atoms with Gasteiger partial charge in [-0.25, -0.2) is 0 Å². The maximum atomic E-state index is 13.1. The second-order valence-corrected chi connectivity index (χ2v) is 7.57. The molecule has 1 amide bonds. The molecule has 0 radical (unpaired) electrons. The lowest BCUT2D eigenvalue weighted by molar-refractivity contribution is -0.384. The van der Waals surface area contributed by atoms with Gasteiger partial charge in [0.2, 0.25) is 0 Å². The lowest BCUT2D eigenvalue weighted by Gasteiger charge is -2.22. The van der Waals surface area contributed by atoms with Crippen molar-refractivity contribution in [3.8, 4) is 5.75 Å².